The second kappa shape index (κ2) is 5.85. The van der Waals surface area contributed by atoms with Gasteiger partial charge in [-0.1, -0.05) is 0 Å². The van der Waals surface area contributed by atoms with Gasteiger partial charge >= 0.3 is 0 Å². The summed E-state index contributed by atoms with van der Waals surface area (Å²) in [5.74, 6) is 6.03. The van der Waals surface area contributed by atoms with Crippen molar-refractivity contribution in [1.82, 2.24) is 25.2 Å². The Kier molecular flexibility index (Phi) is 3.75. The van der Waals surface area contributed by atoms with Gasteiger partial charge in [0, 0.05) is 25.4 Å². The summed E-state index contributed by atoms with van der Waals surface area (Å²) in [6.07, 6.45) is 3.13. The zero-order valence-electron chi connectivity index (χ0n) is 11.3. The standard InChI is InChI=1S/C12H15N7O2/c13-16-12(20)9-1-2-19(17-9)11-7-10(14-8-15-11)18-3-5-21-6-4-18/h1-2,7-8H,3-6,13H2,(H,16,20). The zero-order chi connectivity index (χ0) is 14.7. The minimum atomic E-state index is -0.448. The maximum Gasteiger partial charge on any atom is 0.285 e. The maximum atomic E-state index is 11.4. The van der Waals surface area contributed by atoms with Gasteiger partial charge in [0.25, 0.3) is 5.91 Å². The average molecular weight is 289 g/mol. The molecule has 1 saturated heterocycles. The van der Waals surface area contributed by atoms with Crippen molar-refractivity contribution in [1.29, 1.82) is 0 Å². The third kappa shape index (κ3) is 2.83. The van der Waals surface area contributed by atoms with Crippen LogP contribution >= 0.6 is 0 Å². The first-order chi connectivity index (χ1) is 10.3. The number of nitrogens with one attached hydrogen (secondary N) is 1. The lowest BCUT2D eigenvalue weighted by Gasteiger charge is -2.27. The van der Waals surface area contributed by atoms with E-state index in [-0.39, 0.29) is 5.69 Å². The molecular formula is C12H15N7O2. The molecule has 1 aliphatic heterocycles. The summed E-state index contributed by atoms with van der Waals surface area (Å²) in [5, 5.41) is 4.13. The first kappa shape index (κ1) is 13.5. The minimum absolute atomic E-state index is 0.226. The monoisotopic (exact) mass is 289 g/mol. The number of carbonyl (C=O) groups excluding carboxylic acids is 1. The lowest BCUT2D eigenvalue weighted by Crippen LogP contribution is -2.36. The van der Waals surface area contributed by atoms with E-state index in [1.54, 1.807) is 12.3 Å². The number of hydrazine groups is 1. The summed E-state index contributed by atoms with van der Waals surface area (Å²) in [4.78, 5) is 22.0. The Bertz CT molecular complexity index is 636. The van der Waals surface area contributed by atoms with Gasteiger partial charge in [-0.15, -0.1) is 0 Å². The Hall–Kier alpha value is -2.52. The van der Waals surface area contributed by atoms with E-state index >= 15 is 0 Å². The smallest absolute Gasteiger partial charge is 0.285 e. The minimum Gasteiger partial charge on any atom is -0.378 e. The Morgan fingerprint density at radius 1 is 1.29 bits per heavy atom. The highest BCUT2D eigenvalue weighted by molar-refractivity contribution is 5.91. The quantitative estimate of drug-likeness (QED) is 0.428. The molecule has 21 heavy (non-hydrogen) atoms. The maximum absolute atomic E-state index is 11.4. The average Bonchev–Trinajstić information content (AvgIpc) is 3.05. The van der Waals surface area contributed by atoms with Crippen LogP contribution in [0.2, 0.25) is 0 Å². The molecule has 0 aliphatic carbocycles. The number of rotatable bonds is 3. The van der Waals surface area contributed by atoms with Crippen LogP contribution in [0.4, 0.5) is 5.82 Å². The Morgan fingerprint density at radius 2 is 2.05 bits per heavy atom. The molecule has 0 bridgehead atoms. The van der Waals surface area contributed by atoms with E-state index in [4.69, 9.17) is 10.6 Å². The molecule has 1 aliphatic rings. The number of ether oxygens (including phenoxy) is 1. The molecular weight excluding hydrogens is 274 g/mol. The van der Waals surface area contributed by atoms with Gasteiger partial charge in [-0.2, -0.15) is 5.10 Å². The number of nitrogens with zero attached hydrogens (tertiary/aromatic N) is 5. The fraction of sp³-hybridized carbons (Fsp3) is 0.333. The first-order valence-corrected chi connectivity index (χ1v) is 6.49. The van der Waals surface area contributed by atoms with Crippen LogP contribution in [0.25, 0.3) is 5.82 Å². The summed E-state index contributed by atoms with van der Waals surface area (Å²) in [7, 11) is 0. The summed E-state index contributed by atoms with van der Waals surface area (Å²) in [6.45, 7) is 2.94. The highest BCUT2D eigenvalue weighted by Gasteiger charge is 2.14. The molecule has 3 rings (SSSR count). The first-order valence-electron chi connectivity index (χ1n) is 6.49. The van der Waals surface area contributed by atoms with Crippen molar-refractivity contribution in [3.8, 4) is 5.82 Å². The largest absolute Gasteiger partial charge is 0.378 e. The Morgan fingerprint density at radius 3 is 2.81 bits per heavy atom. The molecule has 0 radical (unpaired) electrons. The van der Waals surface area contributed by atoms with E-state index in [0.29, 0.717) is 19.0 Å². The number of nitrogens with two attached hydrogens (primary N) is 1. The molecule has 2 aromatic heterocycles. The molecule has 110 valence electrons. The zero-order valence-corrected chi connectivity index (χ0v) is 11.3. The van der Waals surface area contributed by atoms with Crippen molar-refractivity contribution >= 4 is 11.7 Å². The van der Waals surface area contributed by atoms with Gasteiger partial charge in [-0.05, 0) is 6.07 Å². The highest BCUT2D eigenvalue weighted by atomic mass is 16.5. The highest BCUT2D eigenvalue weighted by Crippen LogP contribution is 2.15. The molecule has 1 amide bonds. The predicted molar refractivity (Wildman–Crippen MR) is 73.8 cm³/mol. The van der Waals surface area contributed by atoms with Gasteiger partial charge in [0.1, 0.15) is 12.1 Å². The second-order valence-electron chi connectivity index (χ2n) is 4.45. The number of nitrogen functional groups attached to an aromatic ring is 1. The van der Waals surface area contributed by atoms with Crippen molar-refractivity contribution in [2.24, 2.45) is 5.84 Å². The SMILES string of the molecule is NNC(=O)c1ccn(-c2cc(N3CCOCC3)ncn2)n1. The van der Waals surface area contributed by atoms with Gasteiger partial charge in [-0.3, -0.25) is 10.2 Å². The van der Waals surface area contributed by atoms with E-state index in [2.05, 4.69) is 20.0 Å². The van der Waals surface area contributed by atoms with Crippen molar-refractivity contribution in [3.63, 3.8) is 0 Å². The summed E-state index contributed by atoms with van der Waals surface area (Å²) >= 11 is 0. The molecule has 9 heteroatoms. The fourth-order valence-electron chi connectivity index (χ4n) is 2.07. The van der Waals surface area contributed by atoms with Crippen LogP contribution in [-0.2, 0) is 4.74 Å². The summed E-state index contributed by atoms with van der Waals surface area (Å²) < 4.78 is 6.83. The van der Waals surface area contributed by atoms with Crippen molar-refractivity contribution in [2.45, 2.75) is 0 Å². The molecule has 9 nitrogen and oxygen atoms in total. The van der Waals surface area contributed by atoms with Crippen molar-refractivity contribution in [3.05, 3.63) is 30.4 Å². The van der Waals surface area contributed by atoms with Crippen LogP contribution < -0.4 is 16.2 Å². The van der Waals surface area contributed by atoms with E-state index in [1.165, 1.54) is 11.0 Å². The lowest BCUT2D eigenvalue weighted by atomic mass is 10.4. The third-order valence-electron chi connectivity index (χ3n) is 3.16. The molecule has 1 fully saturated rings. The van der Waals surface area contributed by atoms with E-state index in [9.17, 15) is 4.79 Å². The molecule has 0 spiro atoms. The molecule has 3 heterocycles. The summed E-state index contributed by atoms with van der Waals surface area (Å²) in [5.41, 5.74) is 2.27. The Balaban J connectivity index is 1.85. The number of anilines is 1. The summed E-state index contributed by atoms with van der Waals surface area (Å²) in [6, 6.07) is 3.39. The number of aromatic nitrogens is 4. The van der Waals surface area contributed by atoms with Crippen LogP contribution in [0.3, 0.4) is 0 Å². The lowest BCUT2D eigenvalue weighted by molar-refractivity contribution is 0.0948. The normalized spacial score (nSPS) is 15.0. The van der Waals surface area contributed by atoms with Crippen LogP contribution in [0.5, 0.6) is 0 Å². The number of morpholine rings is 1. The van der Waals surface area contributed by atoms with E-state index in [0.717, 1.165) is 18.9 Å². The van der Waals surface area contributed by atoms with Crippen LogP contribution in [0, 0.1) is 0 Å². The molecule has 0 atom stereocenters. The van der Waals surface area contributed by atoms with E-state index < -0.39 is 5.91 Å². The predicted octanol–water partition coefficient (Wildman–Crippen LogP) is -0.898. The van der Waals surface area contributed by atoms with Gasteiger partial charge in [-0.25, -0.2) is 20.5 Å². The van der Waals surface area contributed by atoms with Gasteiger partial charge in [0.15, 0.2) is 11.5 Å². The van der Waals surface area contributed by atoms with Gasteiger partial charge in [0.2, 0.25) is 0 Å². The number of hydrogen-bond donors (Lipinski definition) is 2. The molecule has 3 N–H and O–H groups in total. The van der Waals surface area contributed by atoms with Gasteiger partial charge in [0.05, 0.1) is 13.2 Å². The van der Waals surface area contributed by atoms with Crippen molar-refractivity contribution < 1.29 is 9.53 Å². The van der Waals surface area contributed by atoms with Crippen LogP contribution in [0.1, 0.15) is 10.5 Å². The molecule has 0 saturated carbocycles. The number of hydrogen-bond acceptors (Lipinski definition) is 7. The van der Waals surface area contributed by atoms with Crippen molar-refractivity contribution in [2.75, 3.05) is 31.2 Å². The third-order valence-corrected chi connectivity index (χ3v) is 3.16. The topological polar surface area (TPSA) is 111 Å². The molecule has 0 unspecified atom stereocenters. The Labute approximate surface area is 120 Å². The number of amides is 1. The fourth-order valence-corrected chi connectivity index (χ4v) is 2.07. The van der Waals surface area contributed by atoms with Gasteiger partial charge < -0.3 is 9.64 Å². The second-order valence-corrected chi connectivity index (χ2v) is 4.45. The van der Waals surface area contributed by atoms with E-state index in [1.807, 2.05) is 11.5 Å². The molecule has 2 aromatic rings. The molecule has 0 aromatic carbocycles. The van der Waals surface area contributed by atoms with Crippen LogP contribution in [0.15, 0.2) is 24.7 Å². The number of carbonyl (C=O) groups is 1. The van der Waals surface area contributed by atoms with Crippen LogP contribution in [-0.4, -0.2) is 52.0 Å².